The highest BCUT2D eigenvalue weighted by Crippen LogP contribution is 2.41. The van der Waals surface area contributed by atoms with E-state index in [-0.39, 0.29) is 18.8 Å². The van der Waals surface area contributed by atoms with Gasteiger partial charge in [-0.25, -0.2) is 0 Å². The number of nitrogens with zero attached hydrogens (tertiary/aromatic N) is 2. The largest absolute Gasteiger partial charge is 0.481 e. The summed E-state index contributed by atoms with van der Waals surface area (Å²) < 4.78 is 10.8. The van der Waals surface area contributed by atoms with Crippen LogP contribution in [-0.4, -0.2) is 73.3 Å². The van der Waals surface area contributed by atoms with Gasteiger partial charge in [0.1, 0.15) is 0 Å². The molecule has 2 aromatic rings. The van der Waals surface area contributed by atoms with Gasteiger partial charge in [-0.05, 0) is 43.1 Å². The van der Waals surface area contributed by atoms with Gasteiger partial charge < -0.3 is 29.7 Å². The molecule has 0 spiro atoms. The number of amides is 1. The van der Waals surface area contributed by atoms with E-state index in [9.17, 15) is 14.7 Å². The number of rotatable bonds is 13. The number of hydrogen-bond donors (Lipinski definition) is 2. The number of carbonyl (C=O) groups excluding carboxylic acids is 1. The van der Waals surface area contributed by atoms with Crippen molar-refractivity contribution in [3.63, 3.8) is 0 Å². The predicted octanol–water partition coefficient (Wildman–Crippen LogP) is 4.35. The Labute approximate surface area is 226 Å². The first-order valence-electron chi connectivity index (χ1n) is 13.7. The molecule has 3 atom stereocenters. The number of carbonyl (C=O) groups is 2. The Kier molecular flexibility index (Phi) is 11.9. The zero-order valence-electron chi connectivity index (χ0n) is 23.0. The van der Waals surface area contributed by atoms with E-state index in [4.69, 9.17) is 9.47 Å². The van der Waals surface area contributed by atoms with Crippen molar-refractivity contribution in [2.75, 3.05) is 40.0 Å². The van der Waals surface area contributed by atoms with Crippen molar-refractivity contribution < 1.29 is 24.2 Å². The van der Waals surface area contributed by atoms with Crippen LogP contribution in [0.5, 0.6) is 11.5 Å². The number of fused-ring (bicyclic) bond motifs is 1. The van der Waals surface area contributed by atoms with Crippen LogP contribution in [0.2, 0.25) is 0 Å². The van der Waals surface area contributed by atoms with E-state index in [1.165, 1.54) is 5.56 Å². The topological polar surface area (TPSA) is 91.3 Å². The van der Waals surface area contributed by atoms with Crippen molar-refractivity contribution in [3.8, 4) is 11.5 Å². The molecular weight excluding hydrogens is 482 g/mol. The van der Waals surface area contributed by atoms with E-state index >= 15 is 0 Å². The number of nitrogens with one attached hydrogen (secondary N) is 1. The van der Waals surface area contributed by atoms with Crippen molar-refractivity contribution in [1.82, 2.24) is 15.1 Å². The van der Waals surface area contributed by atoms with Gasteiger partial charge >= 0.3 is 5.97 Å². The zero-order chi connectivity index (χ0) is 27.3. The summed E-state index contributed by atoms with van der Waals surface area (Å²) in [5.74, 6) is 0.112. The third kappa shape index (κ3) is 8.20. The Hall–Kier alpha value is -3.10. The van der Waals surface area contributed by atoms with Crippen LogP contribution in [0.25, 0.3) is 0 Å². The van der Waals surface area contributed by atoms with E-state index in [0.717, 1.165) is 63.0 Å². The summed E-state index contributed by atoms with van der Waals surface area (Å²) in [6.45, 7) is 8.42. The quantitative estimate of drug-likeness (QED) is 0.376. The average Bonchev–Trinajstić information content (AvgIpc) is 3.53. The van der Waals surface area contributed by atoms with Gasteiger partial charge in [0, 0.05) is 44.7 Å². The van der Waals surface area contributed by atoms with Crippen molar-refractivity contribution >= 4 is 12.4 Å². The second-order valence-corrected chi connectivity index (χ2v) is 10.1. The molecule has 0 bridgehead atoms. The second-order valence-electron chi connectivity index (χ2n) is 10.1. The summed E-state index contributed by atoms with van der Waals surface area (Å²) in [5, 5.41) is 13.4. The first-order chi connectivity index (χ1) is 18.5. The Morgan fingerprint density at radius 2 is 1.76 bits per heavy atom. The average molecular weight is 526 g/mol. The van der Waals surface area contributed by atoms with E-state index in [1.807, 2.05) is 48.3 Å². The lowest BCUT2D eigenvalue weighted by Gasteiger charge is -2.24. The maximum absolute atomic E-state index is 12.1. The lowest BCUT2D eigenvalue weighted by atomic mass is 9.85. The van der Waals surface area contributed by atoms with Crippen LogP contribution < -0.4 is 14.8 Å². The van der Waals surface area contributed by atoms with Gasteiger partial charge in [0.25, 0.3) is 0 Å². The third-order valence-electron chi connectivity index (χ3n) is 7.28. The highest BCUT2D eigenvalue weighted by molar-refractivity contribution is 5.73. The summed E-state index contributed by atoms with van der Waals surface area (Å²) in [6, 6.07) is 15.8. The Balaban J connectivity index is 0.000000310. The molecule has 4 rings (SSSR count). The molecule has 2 heterocycles. The normalized spacial score (nSPS) is 20.0. The highest BCUT2D eigenvalue weighted by Gasteiger charge is 2.45. The Morgan fingerprint density at radius 3 is 2.39 bits per heavy atom. The molecule has 2 aromatic carbocycles. The summed E-state index contributed by atoms with van der Waals surface area (Å²) in [5.41, 5.74) is 2.18. The lowest BCUT2D eigenvalue weighted by molar-refractivity contribution is -0.142. The van der Waals surface area contributed by atoms with E-state index in [0.29, 0.717) is 18.8 Å². The smallest absolute Gasteiger partial charge is 0.308 e. The number of hydrogen-bond acceptors (Lipinski definition) is 6. The molecular formula is C30H43N3O5. The van der Waals surface area contributed by atoms with Crippen LogP contribution in [0, 0.1) is 5.92 Å². The molecule has 1 fully saturated rings. The zero-order valence-corrected chi connectivity index (χ0v) is 23.0. The van der Waals surface area contributed by atoms with Crippen molar-refractivity contribution in [2.45, 2.75) is 58.0 Å². The van der Waals surface area contributed by atoms with Gasteiger partial charge in [-0.15, -0.1) is 0 Å². The van der Waals surface area contributed by atoms with Crippen molar-refractivity contribution in [2.24, 2.45) is 5.92 Å². The molecule has 8 nitrogen and oxygen atoms in total. The fourth-order valence-electron chi connectivity index (χ4n) is 5.08. The van der Waals surface area contributed by atoms with Crippen LogP contribution >= 0.6 is 0 Å². The van der Waals surface area contributed by atoms with E-state index < -0.39 is 11.9 Å². The molecule has 2 aliphatic rings. The van der Waals surface area contributed by atoms with Gasteiger partial charge in [0.05, 0.1) is 5.92 Å². The molecule has 8 heteroatoms. The highest BCUT2D eigenvalue weighted by atomic mass is 16.7. The summed E-state index contributed by atoms with van der Waals surface area (Å²) in [4.78, 5) is 26.6. The molecule has 0 aliphatic carbocycles. The number of unbranched alkanes of at least 4 members (excludes halogenated alkanes) is 2. The lowest BCUT2D eigenvalue weighted by Crippen LogP contribution is -2.41. The minimum Gasteiger partial charge on any atom is -0.481 e. The van der Waals surface area contributed by atoms with Crippen molar-refractivity contribution in [1.29, 1.82) is 0 Å². The Morgan fingerprint density at radius 1 is 1.08 bits per heavy atom. The van der Waals surface area contributed by atoms with Crippen LogP contribution in [0.4, 0.5) is 0 Å². The number of benzene rings is 2. The third-order valence-corrected chi connectivity index (χ3v) is 7.28. The first-order valence-corrected chi connectivity index (χ1v) is 13.7. The van der Waals surface area contributed by atoms with Crippen LogP contribution in [0.1, 0.15) is 56.6 Å². The van der Waals surface area contributed by atoms with Crippen LogP contribution in [-0.2, 0) is 16.1 Å². The standard InChI is InChI=1S/C21H24N2O4.C9H19NO/c1-23-12-16(15-7-8-18-19(9-15)27-13-26-18)20(21(24)25)17(23)11-22-10-14-5-3-2-4-6-14;1-3-5-7-10(9-11)8-6-4-2/h2-9,16-17,20,22H,10-13H2,1H3,(H,24,25);9H,3-8H2,1-2H3. The SMILES string of the molecule is CCCCN(C=O)CCCC.CN1CC(c2ccc3c(c2)OCO3)C(C(=O)O)C1CNCc1ccccc1. The molecule has 208 valence electrons. The molecule has 2 aliphatic heterocycles. The summed E-state index contributed by atoms with van der Waals surface area (Å²) in [6.07, 6.45) is 5.54. The fraction of sp³-hybridized carbons (Fsp3) is 0.533. The van der Waals surface area contributed by atoms with Gasteiger partial charge in [-0.1, -0.05) is 63.1 Å². The predicted molar refractivity (Wildman–Crippen MR) is 148 cm³/mol. The molecule has 1 saturated heterocycles. The van der Waals surface area contributed by atoms with Crippen LogP contribution in [0.3, 0.4) is 0 Å². The second kappa shape index (κ2) is 15.3. The van der Waals surface area contributed by atoms with Crippen LogP contribution in [0.15, 0.2) is 48.5 Å². The maximum Gasteiger partial charge on any atom is 0.308 e. The molecule has 38 heavy (non-hydrogen) atoms. The number of likely N-dealkylation sites (N-methyl/N-ethyl adjacent to an activating group) is 1. The molecule has 0 saturated carbocycles. The number of likely N-dealkylation sites (tertiary alicyclic amines) is 1. The van der Waals surface area contributed by atoms with Crippen molar-refractivity contribution in [3.05, 3.63) is 59.7 Å². The minimum absolute atomic E-state index is 0.0679. The summed E-state index contributed by atoms with van der Waals surface area (Å²) in [7, 11) is 2.00. The minimum atomic E-state index is -0.756. The molecule has 0 radical (unpaired) electrons. The number of ether oxygens (including phenoxy) is 2. The van der Waals surface area contributed by atoms with Gasteiger partial charge in [0.2, 0.25) is 13.2 Å². The number of aliphatic carboxylic acids is 1. The molecule has 1 amide bonds. The van der Waals surface area contributed by atoms with Gasteiger partial charge in [-0.2, -0.15) is 0 Å². The molecule has 0 aromatic heterocycles. The number of carboxylic acids is 1. The Bertz CT molecular complexity index is 995. The van der Waals surface area contributed by atoms with Gasteiger partial charge in [-0.3, -0.25) is 9.59 Å². The van der Waals surface area contributed by atoms with Gasteiger partial charge in [0.15, 0.2) is 11.5 Å². The molecule has 2 N–H and O–H groups in total. The fourth-order valence-corrected chi connectivity index (χ4v) is 5.08. The summed E-state index contributed by atoms with van der Waals surface area (Å²) >= 11 is 0. The first kappa shape index (κ1) is 29.5. The monoisotopic (exact) mass is 525 g/mol. The maximum atomic E-state index is 12.1. The molecule has 3 unspecified atom stereocenters. The van der Waals surface area contributed by atoms with E-state index in [1.54, 1.807) is 0 Å². The number of carboxylic acid groups (broad SMARTS) is 1. The van der Waals surface area contributed by atoms with E-state index in [2.05, 4.69) is 36.2 Å².